The van der Waals surface area contributed by atoms with Gasteiger partial charge in [0.05, 0.1) is 12.0 Å². The Morgan fingerprint density at radius 3 is 2.75 bits per heavy atom. The minimum atomic E-state index is -0.607. The first-order chi connectivity index (χ1) is 9.43. The quantitative estimate of drug-likeness (QED) is 0.725. The number of halogens is 2. The van der Waals surface area contributed by atoms with Gasteiger partial charge in [0.2, 0.25) is 0 Å². The summed E-state index contributed by atoms with van der Waals surface area (Å²) in [7, 11) is 3.26. The van der Waals surface area contributed by atoms with Gasteiger partial charge in [-0.3, -0.25) is 4.79 Å². The molecule has 0 aliphatic heterocycles. The van der Waals surface area contributed by atoms with E-state index in [-0.39, 0.29) is 11.3 Å². The number of ether oxygens (including phenoxy) is 2. The average molecular weight is 320 g/mol. The number of carbonyl (C=O) groups excluding carboxylic acids is 1. The van der Waals surface area contributed by atoms with E-state index in [0.717, 1.165) is 0 Å². The predicted molar refractivity (Wildman–Crippen MR) is 80.7 cm³/mol. The Morgan fingerprint density at radius 1 is 1.45 bits per heavy atom. The van der Waals surface area contributed by atoms with E-state index >= 15 is 0 Å². The maximum atomic E-state index is 12.1. The summed E-state index contributed by atoms with van der Waals surface area (Å²) in [6.07, 6.45) is -0.607. The lowest BCUT2D eigenvalue weighted by atomic mass is 10.3. The molecule has 112 valence electrons. The molecule has 4 nitrogen and oxygen atoms in total. The van der Waals surface area contributed by atoms with Gasteiger partial charge in [0.1, 0.15) is 5.75 Å². The number of hydrogen-bond donors (Lipinski definition) is 0. The molecular weight excluding hydrogens is 301 g/mol. The van der Waals surface area contributed by atoms with E-state index in [1.165, 1.54) is 4.90 Å². The molecule has 0 spiro atoms. The normalized spacial score (nSPS) is 13.7. The molecule has 1 aromatic rings. The lowest BCUT2D eigenvalue weighted by Crippen LogP contribution is -2.41. The van der Waals surface area contributed by atoms with E-state index in [1.54, 1.807) is 45.3 Å². The first-order valence-electron chi connectivity index (χ1n) is 6.24. The van der Waals surface area contributed by atoms with Crippen LogP contribution in [-0.2, 0) is 9.53 Å². The number of carbonyl (C=O) groups is 1. The SMILES string of the molecule is COCC(Cl)CN(C)C(=O)C(C)Oc1cccc(Cl)c1. The van der Waals surface area contributed by atoms with Gasteiger partial charge < -0.3 is 14.4 Å². The summed E-state index contributed by atoms with van der Waals surface area (Å²) >= 11 is 11.9. The Bertz CT molecular complexity index is 442. The second kappa shape index (κ2) is 8.35. The highest BCUT2D eigenvalue weighted by molar-refractivity contribution is 6.30. The lowest BCUT2D eigenvalue weighted by Gasteiger charge is -2.24. The second-order valence-corrected chi connectivity index (χ2v) is 5.54. The molecule has 0 radical (unpaired) electrons. The molecule has 20 heavy (non-hydrogen) atoms. The van der Waals surface area contributed by atoms with E-state index in [0.29, 0.717) is 23.9 Å². The summed E-state index contributed by atoms with van der Waals surface area (Å²) in [6, 6.07) is 6.94. The van der Waals surface area contributed by atoms with Crippen LogP contribution >= 0.6 is 23.2 Å². The molecule has 1 amide bonds. The number of hydrogen-bond acceptors (Lipinski definition) is 3. The van der Waals surface area contributed by atoms with Gasteiger partial charge in [-0.05, 0) is 25.1 Å². The van der Waals surface area contributed by atoms with Crippen LogP contribution in [0.3, 0.4) is 0 Å². The van der Waals surface area contributed by atoms with E-state index in [2.05, 4.69) is 0 Å². The van der Waals surface area contributed by atoms with Crippen molar-refractivity contribution in [1.29, 1.82) is 0 Å². The molecular formula is C14H19Cl2NO3. The second-order valence-electron chi connectivity index (χ2n) is 4.49. The zero-order valence-electron chi connectivity index (χ0n) is 11.8. The van der Waals surface area contributed by atoms with Gasteiger partial charge >= 0.3 is 0 Å². The van der Waals surface area contributed by atoms with Crippen LogP contribution in [0.15, 0.2) is 24.3 Å². The third-order valence-electron chi connectivity index (χ3n) is 2.65. The summed E-state index contributed by atoms with van der Waals surface area (Å²) in [5, 5.41) is 0.323. The maximum absolute atomic E-state index is 12.1. The highest BCUT2D eigenvalue weighted by atomic mass is 35.5. The van der Waals surface area contributed by atoms with Crippen molar-refractivity contribution in [3.8, 4) is 5.75 Å². The summed E-state index contributed by atoms with van der Waals surface area (Å²) in [6.45, 7) is 2.49. The van der Waals surface area contributed by atoms with Gasteiger partial charge in [-0.25, -0.2) is 0 Å². The van der Waals surface area contributed by atoms with E-state index < -0.39 is 6.10 Å². The Kier molecular flexibility index (Phi) is 7.13. The van der Waals surface area contributed by atoms with Gasteiger partial charge in [0.15, 0.2) is 6.10 Å². The molecule has 6 heteroatoms. The Hall–Kier alpha value is -0.970. The number of rotatable bonds is 7. The molecule has 0 aliphatic rings. The smallest absolute Gasteiger partial charge is 0.263 e. The van der Waals surface area contributed by atoms with Crippen molar-refractivity contribution < 1.29 is 14.3 Å². The number of alkyl halides is 1. The van der Waals surface area contributed by atoms with Crippen LogP contribution in [0.1, 0.15) is 6.92 Å². The largest absolute Gasteiger partial charge is 0.481 e. The van der Waals surface area contributed by atoms with Gasteiger partial charge in [-0.1, -0.05) is 17.7 Å². The third kappa shape index (κ3) is 5.57. The number of likely N-dealkylation sites (N-methyl/N-ethyl adjacent to an activating group) is 1. The number of methoxy groups -OCH3 is 1. The minimum absolute atomic E-state index is 0.147. The first-order valence-corrected chi connectivity index (χ1v) is 7.05. The molecule has 1 aromatic carbocycles. The number of amides is 1. The lowest BCUT2D eigenvalue weighted by molar-refractivity contribution is -0.136. The molecule has 0 aromatic heterocycles. The standard InChI is InChI=1S/C14H19Cl2NO3/c1-10(20-13-6-4-5-11(15)7-13)14(18)17(2)8-12(16)9-19-3/h4-7,10,12H,8-9H2,1-3H3. The van der Waals surface area contributed by atoms with E-state index in [1.807, 2.05) is 0 Å². The van der Waals surface area contributed by atoms with E-state index in [4.69, 9.17) is 32.7 Å². The van der Waals surface area contributed by atoms with Crippen molar-refractivity contribution in [2.24, 2.45) is 0 Å². The van der Waals surface area contributed by atoms with Crippen LogP contribution < -0.4 is 4.74 Å². The molecule has 0 saturated carbocycles. The summed E-state index contributed by atoms with van der Waals surface area (Å²) in [4.78, 5) is 13.7. The molecule has 0 saturated heterocycles. The fourth-order valence-corrected chi connectivity index (χ4v) is 2.24. The maximum Gasteiger partial charge on any atom is 0.263 e. The molecule has 2 unspecified atom stereocenters. The van der Waals surface area contributed by atoms with Crippen LogP contribution in [0.2, 0.25) is 5.02 Å². The molecule has 2 atom stereocenters. The molecule has 1 rings (SSSR count). The van der Waals surface area contributed by atoms with Crippen LogP contribution in [-0.4, -0.2) is 49.6 Å². The molecule has 0 heterocycles. The van der Waals surface area contributed by atoms with Gasteiger partial charge in [0.25, 0.3) is 5.91 Å². The summed E-state index contributed by atoms with van der Waals surface area (Å²) < 4.78 is 10.5. The third-order valence-corrected chi connectivity index (χ3v) is 3.15. The zero-order chi connectivity index (χ0) is 15.1. The van der Waals surface area contributed by atoms with Crippen molar-refractivity contribution in [2.45, 2.75) is 18.4 Å². The van der Waals surface area contributed by atoms with Crippen LogP contribution in [0.4, 0.5) is 0 Å². The fourth-order valence-electron chi connectivity index (χ4n) is 1.73. The Labute approximate surface area is 129 Å². The van der Waals surface area contributed by atoms with Crippen molar-refractivity contribution in [3.05, 3.63) is 29.3 Å². The molecule has 0 aliphatic carbocycles. The Balaban J connectivity index is 2.53. The summed E-state index contributed by atoms with van der Waals surface area (Å²) in [5.74, 6) is 0.415. The van der Waals surface area contributed by atoms with Crippen molar-refractivity contribution in [2.75, 3.05) is 27.3 Å². The first kappa shape index (κ1) is 17.1. The summed E-state index contributed by atoms with van der Waals surface area (Å²) in [5.41, 5.74) is 0. The minimum Gasteiger partial charge on any atom is -0.481 e. The molecule has 0 fully saturated rings. The van der Waals surface area contributed by atoms with Crippen LogP contribution in [0.5, 0.6) is 5.75 Å². The highest BCUT2D eigenvalue weighted by Crippen LogP contribution is 2.18. The molecule has 0 bridgehead atoms. The van der Waals surface area contributed by atoms with Crippen molar-refractivity contribution in [3.63, 3.8) is 0 Å². The van der Waals surface area contributed by atoms with Gasteiger partial charge in [0, 0.05) is 25.7 Å². The predicted octanol–water partition coefficient (Wildman–Crippen LogP) is 2.82. The fraction of sp³-hybridized carbons (Fsp3) is 0.500. The monoisotopic (exact) mass is 319 g/mol. The highest BCUT2D eigenvalue weighted by Gasteiger charge is 2.21. The van der Waals surface area contributed by atoms with E-state index in [9.17, 15) is 4.79 Å². The zero-order valence-corrected chi connectivity index (χ0v) is 13.3. The van der Waals surface area contributed by atoms with Gasteiger partial charge in [-0.15, -0.1) is 11.6 Å². The van der Waals surface area contributed by atoms with Crippen molar-refractivity contribution >= 4 is 29.1 Å². The van der Waals surface area contributed by atoms with Crippen LogP contribution in [0, 0.1) is 0 Å². The average Bonchev–Trinajstić information content (AvgIpc) is 2.37. The topological polar surface area (TPSA) is 38.8 Å². The number of nitrogens with zero attached hydrogens (tertiary/aromatic N) is 1. The van der Waals surface area contributed by atoms with Gasteiger partial charge in [-0.2, -0.15) is 0 Å². The van der Waals surface area contributed by atoms with Crippen molar-refractivity contribution in [1.82, 2.24) is 4.90 Å². The molecule has 0 N–H and O–H groups in total. The van der Waals surface area contributed by atoms with Crippen LogP contribution in [0.25, 0.3) is 0 Å². The Morgan fingerprint density at radius 2 is 2.15 bits per heavy atom. The number of benzene rings is 1.